The van der Waals surface area contributed by atoms with Gasteiger partial charge in [0.15, 0.2) is 6.19 Å². The van der Waals surface area contributed by atoms with Crippen LogP contribution in [-0.2, 0) is 4.79 Å². The molecule has 4 heteroatoms. The van der Waals surface area contributed by atoms with E-state index >= 15 is 0 Å². The number of carbonyl (C=O) groups excluding carboxylic acids is 1. The van der Waals surface area contributed by atoms with Gasteiger partial charge in [-0.05, 0) is 40.2 Å². The first-order valence-corrected chi connectivity index (χ1v) is 10.6. The van der Waals surface area contributed by atoms with Gasteiger partial charge in [-0.2, -0.15) is 5.26 Å². The number of amides is 1. The Labute approximate surface area is 185 Å². The Balaban J connectivity index is 1.91. The van der Waals surface area contributed by atoms with Crippen LogP contribution in [0.1, 0.15) is 31.7 Å². The van der Waals surface area contributed by atoms with Crippen LogP contribution in [0.15, 0.2) is 78.9 Å². The number of carbonyl (C=O) groups is 1. The zero-order chi connectivity index (χ0) is 22.4. The number of hydrazine groups is 1. The highest BCUT2D eigenvalue weighted by Gasteiger charge is 2.27. The molecule has 0 radical (unpaired) electrons. The van der Waals surface area contributed by atoms with Crippen molar-refractivity contribution >= 4 is 5.91 Å². The standard InChI is InChI=1S/C27H29N3O/c1-20(2)17-26(27(31)30(4)29(3)19-28)25-12-8-11-24(18-25)23-15-13-22(14-16-23)21-9-6-5-7-10-21/h5-16,18,20,26H,17H2,1-4H3. The van der Waals surface area contributed by atoms with E-state index in [2.05, 4.69) is 62.4 Å². The van der Waals surface area contributed by atoms with Gasteiger partial charge in [0.1, 0.15) is 0 Å². The number of hydrogen-bond donors (Lipinski definition) is 0. The second kappa shape index (κ2) is 9.95. The summed E-state index contributed by atoms with van der Waals surface area (Å²) in [5.41, 5.74) is 5.53. The molecule has 0 saturated heterocycles. The van der Waals surface area contributed by atoms with Crippen LogP contribution < -0.4 is 0 Å². The SMILES string of the molecule is CC(C)CC(C(=O)N(C)N(C)C#N)c1cccc(-c2ccc(-c3ccccc3)cc2)c1. The molecule has 1 atom stereocenters. The number of benzene rings is 3. The number of likely N-dealkylation sites (N-methyl/N-ethyl adjacent to an activating group) is 1. The third kappa shape index (κ3) is 5.32. The normalized spacial score (nSPS) is 11.6. The third-order valence-corrected chi connectivity index (χ3v) is 5.53. The summed E-state index contributed by atoms with van der Waals surface area (Å²) in [6.07, 6.45) is 2.72. The largest absolute Gasteiger partial charge is 0.272 e. The number of nitrogens with zero attached hydrogens (tertiary/aromatic N) is 3. The van der Waals surface area contributed by atoms with E-state index in [9.17, 15) is 4.79 Å². The summed E-state index contributed by atoms with van der Waals surface area (Å²) >= 11 is 0. The molecule has 31 heavy (non-hydrogen) atoms. The molecule has 0 aromatic heterocycles. The van der Waals surface area contributed by atoms with Gasteiger partial charge in [0.05, 0.1) is 5.92 Å². The molecule has 0 saturated carbocycles. The van der Waals surface area contributed by atoms with Crippen molar-refractivity contribution in [3.63, 3.8) is 0 Å². The van der Waals surface area contributed by atoms with Gasteiger partial charge >= 0.3 is 0 Å². The summed E-state index contributed by atoms with van der Waals surface area (Å²) < 4.78 is 0. The van der Waals surface area contributed by atoms with Crippen molar-refractivity contribution in [3.8, 4) is 28.4 Å². The maximum absolute atomic E-state index is 13.2. The van der Waals surface area contributed by atoms with Gasteiger partial charge in [-0.1, -0.05) is 92.7 Å². The van der Waals surface area contributed by atoms with Gasteiger partial charge < -0.3 is 0 Å². The lowest BCUT2D eigenvalue weighted by Gasteiger charge is -2.28. The smallest absolute Gasteiger partial charge is 0.248 e. The van der Waals surface area contributed by atoms with Crippen LogP contribution in [0.5, 0.6) is 0 Å². The Kier molecular flexibility index (Phi) is 7.10. The van der Waals surface area contributed by atoms with Crippen molar-refractivity contribution in [3.05, 3.63) is 84.4 Å². The summed E-state index contributed by atoms with van der Waals surface area (Å²) in [5.74, 6) is -0.0257. The van der Waals surface area contributed by atoms with Gasteiger partial charge in [-0.25, -0.2) is 10.0 Å². The van der Waals surface area contributed by atoms with Crippen LogP contribution >= 0.6 is 0 Å². The molecule has 4 nitrogen and oxygen atoms in total. The zero-order valence-corrected chi connectivity index (χ0v) is 18.6. The maximum atomic E-state index is 13.2. The van der Waals surface area contributed by atoms with Gasteiger partial charge in [0, 0.05) is 14.1 Å². The van der Waals surface area contributed by atoms with Crippen LogP contribution in [0.2, 0.25) is 0 Å². The van der Waals surface area contributed by atoms with Crippen molar-refractivity contribution in [1.82, 2.24) is 10.0 Å². The van der Waals surface area contributed by atoms with Crippen molar-refractivity contribution in [2.24, 2.45) is 5.92 Å². The minimum atomic E-state index is -0.302. The Morgan fingerprint density at radius 3 is 1.97 bits per heavy atom. The van der Waals surface area contributed by atoms with Crippen molar-refractivity contribution in [1.29, 1.82) is 5.26 Å². The molecule has 0 aliphatic heterocycles. The molecule has 0 spiro atoms. The van der Waals surface area contributed by atoms with Crippen LogP contribution in [-0.4, -0.2) is 30.0 Å². The Morgan fingerprint density at radius 2 is 1.39 bits per heavy atom. The van der Waals surface area contributed by atoms with E-state index < -0.39 is 0 Å². The molecule has 3 aromatic carbocycles. The van der Waals surface area contributed by atoms with Crippen LogP contribution in [0.25, 0.3) is 22.3 Å². The highest BCUT2D eigenvalue weighted by molar-refractivity contribution is 5.84. The number of rotatable bonds is 7. The highest BCUT2D eigenvalue weighted by Crippen LogP contribution is 2.31. The molecular weight excluding hydrogens is 382 g/mol. The summed E-state index contributed by atoms with van der Waals surface area (Å²) in [6.45, 7) is 4.22. The van der Waals surface area contributed by atoms with E-state index in [4.69, 9.17) is 5.26 Å². The average Bonchev–Trinajstić information content (AvgIpc) is 2.81. The fourth-order valence-electron chi connectivity index (χ4n) is 3.71. The van der Waals surface area contributed by atoms with E-state index in [0.29, 0.717) is 5.92 Å². The fourth-order valence-corrected chi connectivity index (χ4v) is 3.71. The topological polar surface area (TPSA) is 47.3 Å². The molecule has 0 aliphatic carbocycles. The van der Waals surface area contributed by atoms with E-state index in [1.54, 1.807) is 14.1 Å². The molecular formula is C27H29N3O. The Morgan fingerprint density at radius 1 is 0.839 bits per heavy atom. The first-order chi connectivity index (χ1) is 14.9. The highest BCUT2D eigenvalue weighted by atomic mass is 16.2. The van der Waals surface area contributed by atoms with Gasteiger partial charge in [-0.3, -0.25) is 4.79 Å². The minimum absolute atomic E-state index is 0.0747. The summed E-state index contributed by atoms with van der Waals surface area (Å²) in [6, 6.07) is 27.0. The zero-order valence-electron chi connectivity index (χ0n) is 18.6. The molecule has 0 heterocycles. The van der Waals surface area contributed by atoms with Crippen LogP contribution in [0.4, 0.5) is 0 Å². The minimum Gasteiger partial charge on any atom is -0.272 e. The van der Waals surface area contributed by atoms with Crippen molar-refractivity contribution in [2.75, 3.05) is 14.1 Å². The Bertz CT molecular complexity index is 1050. The summed E-state index contributed by atoms with van der Waals surface area (Å²) in [4.78, 5) is 13.2. The summed E-state index contributed by atoms with van der Waals surface area (Å²) in [5, 5.41) is 11.8. The lowest BCUT2D eigenvalue weighted by molar-refractivity contribution is -0.141. The van der Waals surface area contributed by atoms with E-state index in [0.717, 1.165) is 23.1 Å². The van der Waals surface area contributed by atoms with E-state index in [1.165, 1.54) is 21.1 Å². The quantitative estimate of drug-likeness (QED) is 0.275. The average molecular weight is 412 g/mol. The molecule has 1 unspecified atom stereocenters. The Hall–Kier alpha value is -3.58. The molecule has 3 rings (SSSR count). The molecule has 0 bridgehead atoms. The van der Waals surface area contributed by atoms with Crippen molar-refractivity contribution < 1.29 is 4.79 Å². The second-order valence-corrected chi connectivity index (χ2v) is 8.24. The molecule has 0 fully saturated rings. The fraction of sp³-hybridized carbons (Fsp3) is 0.259. The predicted molar refractivity (Wildman–Crippen MR) is 126 cm³/mol. The monoisotopic (exact) mass is 411 g/mol. The van der Waals surface area contributed by atoms with Gasteiger partial charge in [0.2, 0.25) is 5.91 Å². The van der Waals surface area contributed by atoms with Crippen molar-refractivity contribution in [2.45, 2.75) is 26.2 Å². The van der Waals surface area contributed by atoms with Gasteiger partial charge in [0.25, 0.3) is 0 Å². The third-order valence-electron chi connectivity index (χ3n) is 5.53. The molecule has 158 valence electrons. The van der Waals surface area contributed by atoms with E-state index in [-0.39, 0.29) is 11.8 Å². The second-order valence-electron chi connectivity index (χ2n) is 8.24. The number of hydrogen-bond acceptors (Lipinski definition) is 3. The molecule has 0 aliphatic rings. The van der Waals surface area contributed by atoms with Crippen LogP contribution in [0.3, 0.4) is 0 Å². The summed E-state index contributed by atoms with van der Waals surface area (Å²) in [7, 11) is 3.24. The number of nitriles is 1. The van der Waals surface area contributed by atoms with Gasteiger partial charge in [-0.15, -0.1) is 0 Å². The van der Waals surface area contributed by atoms with Crippen LogP contribution in [0, 0.1) is 17.4 Å². The molecule has 0 N–H and O–H groups in total. The predicted octanol–water partition coefficient (Wildman–Crippen LogP) is 5.94. The first kappa shape index (κ1) is 22.1. The molecule has 3 aromatic rings. The lowest BCUT2D eigenvalue weighted by atomic mass is 9.87. The van der Waals surface area contributed by atoms with E-state index in [1.807, 2.05) is 36.5 Å². The lowest BCUT2D eigenvalue weighted by Crippen LogP contribution is -2.41. The molecule has 1 amide bonds. The first-order valence-electron chi connectivity index (χ1n) is 10.6. The maximum Gasteiger partial charge on any atom is 0.248 e.